The highest BCUT2D eigenvalue weighted by Crippen LogP contribution is 2.25. The number of thioether (sulfide) groups is 1. The largest absolute Gasteiger partial charge is 0.494 e. The van der Waals surface area contributed by atoms with Gasteiger partial charge in [0.05, 0.1) is 6.61 Å². The van der Waals surface area contributed by atoms with E-state index in [9.17, 15) is 9.59 Å². The minimum Gasteiger partial charge on any atom is -0.494 e. The van der Waals surface area contributed by atoms with Crippen molar-refractivity contribution >= 4 is 22.8 Å². The van der Waals surface area contributed by atoms with E-state index in [2.05, 4.69) is 0 Å². The first kappa shape index (κ1) is 14.9. The molecule has 20 heavy (non-hydrogen) atoms. The lowest BCUT2D eigenvalue weighted by atomic mass is 10.2. The number of carbonyl (C=O) groups is 2. The van der Waals surface area contributed by atoms with E-state index in [1.165, 1.54) is 11.8 Å². The van der Waals surface area contributed by atoms with Gasteiger partial charge in [0.2, 0.25) is 5.91 Å². The minimum absolute atomic E-state index is 0.0747. The van der Waals surface area contributed by atoms with Crippen LogP contribution in [0, 0.1) is 0 Å². The van der Waals surface area contributed by atoms with Crippen LogP contribution in [0.15, 0.2) is 24.3 Å². The number of hydrogen-bond donors (Lipinski definition) is 0. The van der Waals surface area contributed by atoms with Crippen LogP contribution in [0.5, 0.6) is 5.75 Å². The molecule has 1 aliphatic heterocycles. The zero-order chi connectivity index (χ0) is 14.5. The molecular weight excluding hydrogens is 274 g/mol. The van der Waals surface area contributed by atoms with Crippen molar-refractivity contribution in [1.82, 2.24) is 4.90 Å². The quantitative estimate of drug-likeness (QED) is 0.836. The zero-order valence-electron chi connectivity index (χ0n) is 11.8. The Morgan fingerprint density at radius 1 is 1.40 bits per heavy atom. The molecule has 1 aromatic carbocycles. The van der Waals surface area contributed by atoms with E-state index in [1.54, 1.807) is 6.92 Å². The molecule has 1 fully saturated rings. The fraction of sp³-hybridized carbons (Fsp3) is 0.467. The molecule has 0 aromatic heterocycles. The van der Waals surface area contributed by atoms with Gasteiger partial charge in [-0.25, -0.2) is 0 Å². The Bertz CT molecular complexity index is 486. The molecule has 1 saturated heterocycles. The fourth-order valence-corrected chi connectivity index (χ4v) is 3.23. The summed E-state index contributed by atoms with van der Waals surface area (Å²) in [4.78, 5) is 24.8. The summed E-state index contributed by atoms with van der Waals surface area (Å²) in [5, 5.41) is 0.174. The molecule has 2 rings (SSSR count). The lowest BCUT2D eigenvalue weighted by molar-refractivity contribution is -0.128. The molecule has 1 atom stereocenters. The average molecular weight is 293 g/mol. The van der Waals surface area contributed by atoms with Crippen molar-refractivity contribution in [2.75, 3.05) is 13.2 Å². The molecule has 0 radical (unpaired) electrons. The maximum absolute atomic E-state index is 11.9. The molecule has 0 saturated carbocycles. The van der Waals surface area contributed by atoms with Gasteiger partial charge in [-0.1, -0.05) is 23.9 Å². The zero-order valence-corrected chi connectivity index (χ0v) is 12.6. The molecule has 108 valence electrons. The van der Waals surface area contributed by atoms with Gasteiger partial charge in [0.1, 0.15) is 5.75 Å². The van der Waals surface area contributed by atoms with Gasteiger partial charge in [-0.2, -0.15) is 0 Å². The molecule has 0 N–H and O–H groups in total. The van der Waals surface area contributed by atoms with E-state index in [0.717, 1.165) is 11.3 Å². The van der Waals surface area contributed by atoms with E-state index in [1.807, 2.05) is 36.1 Å². The van der Waals surface area contributed by atoms with Crippen molar-refractivity contribution in [2.45, 2.75) is 32.1 Å². The van der Waals surface area contributed by atoms with Crippen LogP contribution in [0.1, 0.15) is 25.8 Å². The summed E-state index contributed by atoms with van der Waals surface area (Å²) in [6, 6.07) is 7.79. The second kappa shape index (κ2) is 6.79. The van der Waals surface area contributed by atoms with Crippen molar-refractivity contribution in [3.8, 4) is 5.75 Å². The van der Waals surface area contributed by atoms with Crippen LogP contribution in [-0.2, 0) is 16.1 Å². The summed E-state index contributed by atoms with van der Waals surface area (Å²) in [5.41, 5.74) is 1.08. The smallest absolute Gasteiger partial charge is 0.224 e. The SMILES string of the molecule is CCOc1ccc(CN2CC(SC(C)=O)CC2=O)cc1. The number of hydrogen-bond acceptors (Lipinski definition) is 4. The molecule has 1 heterocycles. The summed E-state index contributed by atoms with van der Waals surface area (Å²) in [6.07, 6.45) is 0.460. The second-order valence-corrected chi connectivity index (χ2v) is 6.26. The first-order valence-electron chi connectivity index (χ1n) is 6.75. The predicted molar refractivity (Wildman–Crippen MR) is 79.7 cm³/mol. The molecule has 5 heteroatoms. The standard InChI is InChI=1S/C15H19NO3S/c1-3-19-13-6-4-12(5-7-13)9-16-10-14(8-15(16)18)20-11(2)17/h4-7,14H,3,8-10H2,1-2H3. The number of carbonyl (C=O) groups excluding carboxylic acids is 2. The molecule has 1 aromatic rings. The summed E-state index contributed by atoms with van der Waals surface area (Å²) in [7, 11) is 0. The normalized spacial score (nSPS) is 18.4. The highest BCUT2D eigenvalue weighted by atomic mass is 32.2. The molecule has 0 spiro atoms. The van der Waals surface area contributed by atoms with Gasteiger partial charge in [-0.3, -0.25) is 9.59 Å². The number of ether oxygens (including phenoxy) is 1. The Balaban J connectivity index is 1.92. The Labute approximate surface area is 123 Å². The monoisotopic (exact) mass is 293 g/mol. The number of likely N-dealkylation sites (tertiary alicyclic amines) is 1. The Morgan fingerprint density at radius 3 is 2.70 bits per heavy atom. The lowest BCUT2D eigenvalue weighted by Crippen LogP contribution is -2.24. The third-order valence-electron chi connectivity index (χ3n) is 3.12. The first-order chi connectivity index (χ1) is 9.58. The molecule has 4 nitrogen and oxygen atoms in total. The van der Waals surface area contributed by atoms with Crippen molar-refractivity contribution < 1.29 is 14.3 Å². The average Bonchev–Trinajstić information content (AvgIpc) is 2.71. The van der Waals surface area contributed by atoms with Crippen LogP contribution in [0.4, 0.5) is 0 Å². The van der Waals surface area contributed by atoms with Crippen LogP contribution in [0.25, 0.3) is 0 Å². The Kier molecular flexibility index (Phi) is 5.06. The van der Waals surface area contributed by atoms with Gasteiger partial charge in [-0.15, -0.1) is 0 Å². The van der Waals surface area contributed by atoms with Crippen molar-refractivity contribution in [3.63, 3.8) is 0 Å². The fourth-order valence-electron chi connectivity index (χ4n) is 2.28. The summed E-state index contributed by atoms with van der Waals surface area (Å²) >= 11 is 1.27. The predicted octanol–water partition coefficient (Wildman–Crippen LogP) is 2.47. The first-order valence-corrected chi connectivity index (χ1v) is 7.63. The van der Waals surface area contributed by atoms with Crippen LogP contribution in [-0.4, -0.2) is 34.3 Å². The van der Waals surface area contributed by atoms with E-state index in [-0.39, 0.29) is 16.3 Å². The van der Waals surface area contributed by atoms with Crippen LogP contribution in [0.2, 0.25) is 0 Å². The van der Waals surface area contributed by atoms with E-state index < -0.39 is 0 Å². The van der Waals surface area contributed by atoms with Crippen LogP contribution in [0.3, 0.4) is 0 Å². The van der Waals surface area contributed by atoms with Crippen molar-refractivity contribution in [2.24, 2.45) is 0 Å². The van der Waals surface area contributed by atoms with Gasteiger partial charge in [0.15, 0.2) is 5.12 Å². The van der Waals surface area contributed by atoms with Gasteiger partial charge in [-0.05, 0) is 24.6 Å². The highest BCUT2D eigenvalue weighted by Gasteiger charge is 2.30. The third-order valence-corrected chi connectivity index (χ3v) is 4.10. The maximum atomic E-state index is 11.9. The van der Waals surface area contributed by atoms with Gasteiger partial charge >= 0.3 is 0 Å². The number of nitrogens with zero attached hydrogens (tertiary/aromatic N) is 1. The Hall–Kier alpha value is -1.49. The second-order valence-electron chi connectivity index (χ2n) is 4.79. The molecule has 0 aliphatic carbocycles. The molecule has 0 bridgehead atoms. The topological polar surface area (TPSA) is 46.6 Å². The van der Waals surface area contributed by atoms with E-state index >= 15 is 0 Å². The molecule has 1 amide bonds. The minimum atomic E-state index is 0.0747. The number of benzene rings is 1. The summed E-state index contributed by atoms with van der Waals surface area (Å²) < 4.78 is 5.39. The number of amides is 1. The van der Waals surface area contributed by atoms with Gasteiger partial charge in [0, 0.05) is 31.7 Å². The molecule has 1 unspecified atom stereocenters. The van der Waals surface area contributed by atoms with Crippen molar-refractivity contribution in [1.29, 1.82) is 0 Å². The highest BCUT2D eigenvalue weighted by molar-refractivity contribution is 8.14. The van der Waals surface area contributed by atoms with Gasteiger partial charge < -0.3 is 9.64 Å². The summed E-state index contributed by atoms with van der Waals surface area (Å²) in [6.45, 7) is 5.39. The third kappa shape index (κ3) is 4.00. The van der Waals surface area contributed by atoms with Crippen LogP contribution < -0.4 is 4.74 Å². The van der Waals surface area contributed by atoms with Gasteiger partial charge in [0.25, 0.3) is 0 Å². The van der Waals surface area contributed by atoms with Crippen molar-refractivity contribution in [3.05, 3.63) is 29.8 Å². The lowest BCUT2D eigenvalue weighted by Gasteiger charge is -2.16. The number of rotatable bonds is 5. The molecular formula is C15H19NO3S. The maximum Gasteiger partial charge on any atom is 0.224 e. The molecule has 1 aliphatic rings. The Morgan fingerprint density at radius 2 is 2.10 bits per heavy atom. The van der Waals surface area contributed by atoms with Crippen LogP contribution >= 0.6 is 11.8 Å². The summed E-state index contributed by atoms with van der Waals surface area (Å²) in [5.74, 6) is 0.964. The van der Waals surface area contributed by atoms with E-state index in [4.69, 9.17) is 4.74 Å². The van der Waals surface area contributed by atoms with E-state index in [0.29, 0.717) is 26.1 Å².